The summed E-state index contributed by atoms with van der Waals surface area (Å²) in [6.45, 7) is 1.76. The number of rotatable bonds is 3. The lowest BCUT2D eigenvalue weighted by atomic mass is 9.75. The van der Waals surface area contributed by atoms with Crippen molar-refractivity contribution >= 4 is 17.4 Å². The standard InChI is InChI=1S/C18H16N2O2/c1-18(14-11-7-4-8-12-14)16(19-20(2)17(18)22)15(21)13-9-5-3-6-10-13/h3-12H,1-2H3. The summed E-state index contributed by atoms with van der Waals surface area (Å²) in [5, 5.41) is 5.48. The van der Waals surface area contributed by atoms with Crippen molar-refractivity contribution in [3.63, 3.8) is 0 Å². The predicted octanol–water partition coefficient (Wildman–Crippen LogP) is 2.66. The Morgan fingerprint density at radius 2 is 1.55 bits per heavy atom. The van der Waals surface area contributed by atoms with Gasteiger partial charge in [-0.3, -0.25) is 9.59 Å². The van der Waals surface area contributed by atoms with Crippen LogP contribution in [0.25, 0.3) is 0 Å². The van der Waals surface area contributed by atoms with Gasteiger partial charge in [-0.25, -0.2) is 5.01 Å². The van der Waals surface area contributed by atoms with Crippen molar-refractivity contribution in [1.82, 2.24) is 5.01 Å². The lowest BCUT2D eigenvalue weighted by Crippen LogP contribution is -2.43. The monoisotopic (exact) mass is 292 g/mol. The molecule has 1 atom stereocenters. The average Bonchev–Trinajstić information content (AvgIpc) is 2.81. The van der Waals surface area contributed by atoms with E-state index in [0.717, 1.165) is 5.56 Å². The zero-order valence-electron chi connectivity index (χ0n) is 12.5. The minimum atomic E-state index is -1.05. The van der Waals surface area contributed by atoms with Crippen LogP contribution in [0.4, 0.5) is 0 Å². The van der Waals surface area contributed by atoms with E-state index in [9.17, 15) is 9.59 Å². The number of hydrazone groups is 1. The van der Waals surface area contributed by atoms with Crippen LogP contribution < -0.4 is 0 Å². The molecule has 0 saturated carbocycles. The highest BCUT2D eigenvalue weighted by Crippen LogP contribution is 2.34. The third-order valence-electron chi connectivity index (χ3n) is 4.05. The van der Waals surface area contributed by atoms with E-state index in [1.54, 1.807) is 38.2 Å². The largest absolute Gasteiger partial charge is 0.287 e. The first-order valence-electron chi connectivity index (χ1n) is 7.07. The van der Waals surface area contributed by atoms with Crippen LogP contribution in [0.15, 0.2) is 65.8 Å². The molecular weight excluding hydrogens is 276 g/mol. The van der Waals surface area contributed by atoms with Gasteiger partial charge < -0.3 is 0 Å². The van der Waals surface area contributed by atoms with Crippen molar-refractivity contribution in [2.24, 2.45) is 5.10 Å². The summed E-state index contributed by atoms with van der Waals surface area (Å²) in [5.41, 5.74) is 0.513. The molecule has 2 aromatic carbocycles. The molecule has 4 heteroatoms. The molecule has 0 spiro atoms. The first-order valence-corrected chi connectivity index (χ1v) is 7.07. The molecule has 1 amide bonds. The molecule has 22 heavy (non-hydrogen) atoms. The average molecular weight is 292 g/mol. The van der Waals surface area contributed by atoms with Crippen molar-refractivity contribution in [2.75, 3.05) is 7.05 Å². The summed E-state index contributed by atoms with van der Waals surface area (Å²) >= 11 is 0. The molecule has 2 aromatic rings. The predicted molar refractivity (Wildman–Crippen MR) is 84.8 cm³/mol. The smallest absolute Gasteiger partial charge is 0.259 e. The number of carbonyl (C=O) groups is 2. The molecule has 1 aliphatic rings. The maximum Gasteiger partial charge on any atom is 0.259 e. The minimum Gasteiger partial charge on any atom is -0.287 e. The van der Waals surface area contributed by atoms with Gasteiger partial charge in [-0.15, -0.1) is 0 Å². The number of amides is 1. The highest BCUT2D eigenvalue weighted by atomic mass is 16.2. The van der Waals surface area contributed by atoms with Crippen LogP contribution in [0.5, 0.6) is 0 Å². The second-order valence-electron chi connectivity index (χ2n) is 5.46. The highest BCUT2D eigenvalue weighted by molar-refractivity contribution is 6.53. The number of benzene rings is 2. The quantitative estimate of drug-likeness (QED) is 0.817. The number of carbonyl (C=O) groups excluding carboxylic acids is 2. The molecule has 0 bridgehead atoms. The van der Waals surface area contributed by atoms with Gasteiger partial charge in [-0.05, 0) is 12.5 Å². The number of nitrogens with zero attached hydrogens (tertiary/aromatic N) is 2. The molecule has 1 unspecified atom stereocenters. The van der Waals surface area contributed by atoms with Gasteiger partial charge >= 0.3 is 0 Å². The van der Waals surface area contributed by atoms with Gasteiger partial charge in [-0.1, -0.05) is 60.7 Å². The van der Waals surface area contributed by atoms with Crippen LogP contribution in [-0.4, -0.2) is 29.5 Å². The van der Waals surface area contributed by atoms with Crippen molar-refractivity contribution in [1.29, 1.82) is 0 Å². The number of Topliss-reactive ketones (excluding diaryl/α,β-unsaturated/α-hetero) is 1. The summed E-state index contributed by atoms with van der Waals surface area (Å²) in [7, 11) is 1.58. The molecule has 0 aliphatic carbocycles. The molecule has 110 valence electrons. The Labute approximate surface area is 129 Å². The molecule has 3 rings (SSSR count). The lowest BCUT2D eigenvalue weighted by molar-refractivity contribution is -0.131. The van der Waals surface area contributed by atoms with Gasteiger partial charge in [0.2, 0.25) is 5.78 Å². The molecule has 0 fully saturated rings. The first kappa shape index (κ1) is 14.2. The summed E-state index contributed by atoms with van der Waals surface area (Å²) in [4.78, 5) is 25.5. The van der Waals surface area contributed by atoms with E-state index in [0.29, 0.717) is 5.56 Å². The van der Waals surface area contributed by atoms with Crippen LogP contribution in [0.1, 0.15) is 22.8 Å². The Balaban J connectivity index is 2.11. The van der Waals surface area contributed by atoms with Crippen LogP contribution in [0, 0.1) is 0 Å². The first-order chi connectivity index (χ1) is 10.5. The molecular formula is C18H16N2O2. The topological polar surface area (TPSA) is 49.7 Å². The Bertz CT molecular complexity index is 753. The maximum absolute atomic E-state index is 12.8. The van der Waals surface area contributed by atoms with Gasteiger partial charge in [0.15, 0.2) is 0 Å². The SMILES string of the molecule is CN1N=C(C(=O)c2ccccc2)C(C)(c2ccccc2)C1=O. The molecule has 1 aliphatic heterocycles. The van der Waals surface area contributed by atoms with Crippen LogP contribution in [-0.2, 0) is 10.2 Å². The van der Waals surface area contributed by atoms with E-state index in [-0.39, 0.29) is 17.4 Å². The molecule has 0 saturated heterocycles. The lowest BCUT2D eigenvalue weighted by Gasteiger charge is -2.23. The third kappa shape index (κ3) is 2.04. The van der Waals surface area contributed by atoms with Gasteiger partial charge in [-0.2, -0.15) is 5.10 Å². The van der Waals surface area contributed by atoms with E-state index in [2.05, 4.69) is 5.10 Å². The number of hydrogen-bond donors (Lipinski definition) is 0. The molecule has 0 aromatic heterocycles. The molecule has 0 radical (unpaired) electrons. The van der Waals surface area contributed by atoms with E-state index in [1.807, 2.05) is 36.4 Å². The van der Waals surface area contributed by atoms with Crippen LogP contribution in [0.2, 0.25) is 0 Å². The maximum atomic E-state index is 12.8. The van der Waals surface area contributed by atoms with Crippen molar-refractivity contribution < 1.29 is 9.59 Å². The fourth-order valence-electron chi connectivity index (χ4n) is 2.75. The summed E-state index contributed by atoms with van der Waals surface area (Å²) < 4.78 is 0. The normalized spacial score (nSPS) is 20.9. The minimum absolute atomic E-state index is 0.196. The van der Waals surface area contributed by atoms with E-state index in [4.69, 9.17) is 0 Å². The van der Waals surface area contributed by atoms with Gasteiger partial charge in [0.05, 0.1) is 0 Å². The van der Waals surface area contributed by atoms with Gasteiger partial charge in [0.25, 0.3) is 5.91 Å². The Hall–Kier alpha value is -2.75. The molecule has 1 heterocycles. The number of ketones is 1. The summed E-state index contributed by atoms with van der Waals surface area (Å²) in [6.07, 6.45) is 0. The van der Waals surface area contributed by atoms with Crippen LogP contribution >= 0.6 is 0 Å². The zero-order chi connectivity index (χ0) is 15.7. The van der Waals surface area contributed by atoms with Crippen molar-refractivity contribution in [2.45, 2.75) is 12.3 Å². The zero-order valence-corrected chi connectivity index (χ0v) is 12.5. The van der Waals surface area contributed by atoms with E-state index < -0.39 is 5.41 Å². The van der Waals surface area contributed by atoms with E-state index in [1.165, 1.54) is 5.01 Å². The summed E-state index contributed by atoms with van der Waals surface area (Å²) in [6, 6.07) is 18.2. The Morgan fingerprint density at radius 3 is 2.14 bits per heavy atom. The molecule has 4 nitrogen and oxygen atoms in total. The molecule has 0 N–H and O–H groups in total. The van der Waals surface area contributed by atoms with Crippen molar-refractivity contribution in [3.05, 3.63) is 71.8 Å². The fourth-order valence-corrected chi connectivity index (χ4v) is 2.75. The third-order valence-corrected chi connectivity index (χ3v) is 4.05. The Morgan fingerprint density at radius 1 is 1.00 bits per heavy atom. The highest BCUT2D eigenvalue weighted by Gasteiger charge is 2.50. The van der Waals surface area contributed by atoms with Crippen molar-refractivity contribution in [3.8, 4) is 0 Å². The fraction of sp³-hybridized carbons (Fsp3) is 0.167. The van der Waals surface area contributed by atoms with Gasteiger partial charge in [0, 0.05) is 12.6 Å². The second kappa shape index (κ2) is 5.22. The van der Waals surface area contributed by atoms with E-state index >= 15 is 0 Å². The number of hydrogen-bond acceptors (Lipinski definition) is 3. The van der Waals surface area contributed by atoms with Gasteiger partial charge in [0.1, 0.15) is 11.1 Å². The Kier molecular flexibility index (Phi) is 3.37. The summed E-state index contributed by atoms with van der Waals surface area (Å²) in [5.74, 6) is -0.414. The number of likely N-dealkylation sites (N-methyl/N-ethyl adjacent to an activating group) is 1. The second-order valence-corrected chi connectivity index (χ2v) is 5.46. The van der Waals surface area contributed by atoms with Crippen LogP contribution in [0.3, 0.4) is 0 Å².